The summed E-state index contributed by atoms with van der Waals surface area (Å²) in [4.78, 5) is 30.6. The first kappa shape index (κ1) is 35.2. The van der Waals surface area contributed by atoms with Gasteiger partial charge in [-0.2, -0.15) is 0 Å². The summed E-state index contributed by atoms with van der Waals surface area (Å²) in [5.74, 6) is -0.709. The van der Waals surface area contributed by atoms with Crippen LogP contribution in [0.1, 0.15) is 59.9 Å². The quantitative estimate of drug-likeness (QED) is 0.167. The van der Waals surface area contributed by atoms with Gasteiger partial charge in [0.25, 0.3) is 10.0 Å². The van der Waals surface area contributed by atoms with Crippen molar-refractivity contribution < 1.29 is 18.0 Å². The molecule has 5 rings (SSSR count). The van der Waals surface area contributed by atoms with Gasteiger partial charge >= 0.3 is 0 Å². The predicted octanol–water partition coefficient (Wildman–Crippen LogP) is 7.55. The molecule has 2 amide bonds. The van der Waals surface area contributed by atoms with Gasteiger partial charge in [-0.3, -0.25) is 13.9 Å². The zero-order valence-electron chi connectivity index (χ0n) is 27.9. The predicted molar refractivity (Wildman–Crippen MR) is 193 cm³/mol. The second-order valence-corrected chi connectivity index (χ2v) is 15.0. The number of carbonyl (C=O) groups excluding carboxylic acids is 2. The molecule has 1 fully saturated rings. The van der Waals surface area contributed by atoms with Crippen LogP contribution >= 0.6 is 11.6 Å². The van der Waals surface area contributed by atoms with Crippen molar-refractivity contribution in [1.82, 2.24) is 10.2 Å². The van der Waals surface area contributed by atoms with Crippen molar-refractivity contribution in [3.05, 3.63) is 130 Å². The summed E-state index contributed by atoms with van der Waals surface area (Å²) in [6.07, 6.45) is 5.32. The molecule has 1 atom stereocenters. The van der Waals surface area contributed by atoms with E-state index in [1.807, 2.05) is 81.4 Å². The number of halogens is 1. The Morgan fingerprint density at radius 3 is 2.15 bits per heavy atom. The molecule has 9 heteroatoms. The van der Waals surface area contributed by atoms with Gasteiger partial charge in [-0.05, 0) is 97.8 Å². The highest BCUT2D eigenvalue weighted by atomic mass is 35.5. The second kappa shape index (κ2) is 15.8. The summed E-state index contributed by atoms with van der Waals surface area (Å²) in [5, 5.41) is 3.66. The Labute approximate surface area is 290 Å². The molecule has 0 aliphatic heterocycles. The summed E-state index contributed by atoms with van der Waals surface area (Å²) in [6, 6.07) is 27.8. The fourth-order valence-corrected chi connectivity index (χ4v) is 7.74. The number of anilines is 1. The standard InChI is InChI=1S/C39H44ClN3O4S/c1-28-18-21-35(24-30(28)3)43(48(46,47)36-22-19-33(40)20-23-36)27-38(44)42(26-32-15-11-10-12-29(32)2)37(25-31-13-6-4-7-14-31)39(45)41-34-16-8-5-9-17-34/h4,6-7,10-15,18-24,34,37H,5,8-9,16-17,25-27H2,1-3H3,(H,41,45). The molecule has 48 heavy (non-hydrogen) atoms. The first-order valence-corrected chi connectivity index (χ1v) is 18.4. The van der Waals surface area contributed by atoms with Gasteiger partial charge < -0.3 is 10.2 Å². The van der Waals surface area contributed by atoms with E-state index in [0.29, 0.717) is 10.7 Å². The smallest absolute Gasteiger partial charge is 0.264 e. The molecule has 4 aromatic carbocycles. The highest BCUT2D eigenvalue weighted by molar-refractivity contribution is 7.92. The summed E-state index contributed by atoms with van der Waals surface area (Å²) < 4.78 is 29.7. The maximum absolute atomic E-state index is 14.8. The van der Waals surface area contributed by atoms with Crippen LogP contribution in [0.2, 0.25) is 5.02 Å². The van der Waals surface area contributed by atoms with E-state index in [-0.39, 0.29) is 29.8 Å². The summed E-state index contributed by atoms with van der Waals surface area (Å²) in [7, 11) is -4.21. The van der Waals surface area contributed by atoms with Crippen LogP contribution in [0.4, 0.5) is 5.69 Å². The number of nitrogens with zero attached hydrogens (tertiary/aromatic N) is 2. The van der Waals surface area contributed by atoms with Gasteiger partial charge in [0.15, 0.2) is 0 Å². The normalized spacial score (nSPS) is 14.2. The average Bonchev–Trinajstić information content (AvgIpc) is 3.08. The Kier molecular flexibility index (Phi) is 11.6. The molecule has 0 radical (unpaired) electrons. The number of carbonyl (C=O) groups is 2. The van der Waals surface area contributed by atoms with E-state index in [1.54, 1.807) is 17.0 Å². The molecule has 0 bridgehead atoms. The van der Waals surface area contributed by atoms with E-state index in [2.05, 4.69) is 5.32 Å². The number of benzene rings is 4. The van der Waals surface area contributed by atoms with Crippen LogP contribution in [0, 0.1) is 20.8 Å². The lowest BCUT2D eigenvalue weighted by Gasteiger charge is -2.35. The number of aryl methyl sites for hydroxylation is 3. The largest absolute Gasteiger partial charge is 0.352 e. The minimum Gasteiger partial charge on any atom is -0.352 e. The third-order valence-corrected chi connectivity index (χ3v) is 11.3. The Hall–Kier alpha value is -4.14. The number of nitrogens with one attached hydrogen (secondary N) is 1. The summed E-state index contributed by atoms with van der Waals surface area (Å²) in [6.45, 7) is 5.47. The van der Waals surface area contributed by atoms with Gasteiger partial charge in [0.2, 0.25) is 11.8 Å². The maximum Gasteiger partial charge on any atom is 0.264 e. The van der Waals surface area contributed by atoms with Gasteiger partial charge in [-0.1, -0.05) is 91.5 Å². The lowest BCUT2D eigenvalue weighted by molar-refractivity contribution is -0.140. The van der Waals surface area contributed by atoms with Gasteiger partial charge in [0.1, 0.15) is 12.6 Å². The molecule has 1 N–H and O–H groups in total. The molecule has 0 saturated heterocycles. The molecule has 1 saturated carbocycles. The van der Waals surface area contributed by atoms with Crippen LogP contribution in [-0.4, -0.2) is 43.8 Å². The molecule has 1 unspecified atom stereocenters. The van der Waals surface area contributed by atoms with E-state index in [0.717, 1.165) is 64.2 Å². The first-order chi connectivity index (χ1) is 23.0. The summed E-state index contributed by atoms with van der Waals surface area (Å²) in [5.41, 5.74) is 5.01. The van der Waals surface area contributed by atoms with E-state index in [1.165, 1.54) is 24.3 Å². The molecular weight excluding hydrogens is 642 g/mol. The Morgan fingerprint density at radius 1 is 0.812 bits per heavy atom. The van der Waals surface area contributed by atoms with E-state index in [9.17, 15) is 18.0 Å². The van der Waals surface area contributed by atoms with Crippen LogP contribution in [0.5, 0.6) is 0 Å². The Balaban J connectivity index is 1.58. The van der Waals surface area contributed by atoms with E-state index >= 15 is 0 Å². The van der Waals surface area contributed by atoms with E-state index < -0.39 is 28.5 Å². The van der Waals surface area contributed by atoms with Gasteiger partial charge in [0, 0.05) is 24.0 Å². The monoisotopic (exact) mass is 685 g/mol. The molecule has 252 valence electrons. The molecular formula is C39H44ClN3O4S. The van der Waals surface area contributed by atoms with Gasteiger partial charge in [0.05, 0.1) is 10.6 Å². The van der Waals surface area contributed by atoms with Crippen molar-refractivity contribution in [3.8, 4) is 0 Å². The topological polar surface area (TPSA) is 86.8 Å². The van der Waals surface area contributed by atoms with E-state index in [4.69, 9.17) is 11.6 Å². The molecule has 0 heterocycles. The zero-order valence-corrected chi connectivity index (χ0v) is 29.4. The fraction of sp³-hybridized carbons (Fsp3) is 0.333. The van der Waals surface area contributed by atoms with Crippen LogP contribution in [0.25, 0.3) is 0 Å². The third-order valence-electron chi connectivity index (χ3n) is 9.28. The van der Waals surface area contributed by atoms with Crippen molar-refractivity contribution in [1.29, 1.82) is 0 Å². The molecule has 1 aliphatic carbocycles. The number of hydrogen-bond donors (Lipinski definition) is 1. The molecule has 4 aromatic rings. The molecule has 0 spiro atoms. The fourth-order valence-electron chi connectivity index (χ4n) is 6.21. The maximum atomic E-state index is 14.8. The highest BCUT2D eigenvalue weighted by Gasteiger charge is 2.35. The number of hydrogen-bond acceptors (Lipinski definition) is 4. The number of amides is 2. The minimum atomic E-state index is -4.21. The van der Waals surface area contributed by atoms with Crippen molar-refractivity contribution in [2.75, 3.05) is 10.8 Å². The molecule has 1 aliphatic rings. The van der Waals surface area contributed by atoms with Gasteiger partial charge in [-0.15, -0.1) is 0 Å². The number of rotatable bonds is 12. The second-order valence-electron chi connectivity index (χ2n) is 12.7. The highest BCUT2D eigenvalue weighted by Crippen LogP contribution is 2.28. The van der Waals surface area contributed by atoms with Crippen LogP contribution in [0.3, 0.4) is 0 Å². The SMILES string of the molecule is Cc1ccc(N(CC(=O)N(Cc2ccccc2C)C(Cc2ccccc2)C(=O)NC2CCCCC2)S(=O)(=O)c2ccc(Cl)cc2)cc1C. The third kappa shape index (κ3) is 8.65. The van der Waals surface area contributed by atoms with Crippen LogP contribution in [-0.2, 0) is 32.6 Å². The average molecular weight is 686 g/mol. The number of sulfonamides is 1. The van der Waals surface area contributed by atoms with Crippen LogP contribution in [0.15, 0.2) is 102 Å². The minimum absolute atomic E-state index is 0.0132. The van der Waals surface area contributed by atoms with Crippen molar-refractivity contribution in [2.45, 2.75) is 82.8 Å². The lowest BCUT2D eigenvalue weighted by Crippen LogP contribution is -2.55. The molecule has 7 nitrogen and oxygen atoms in total. The first-order valence-electron chi connectivity index (χ1n) is 16.6. The molecule has 0 aromatic heterocycles. The lowest BCUT2D eigenvalue weighted by atomic mass is 9.94. The van der Waals surface area contributed by atoms with Crippen molar-refractivity contribution >= 4 is 39.1 Å². The van der Waals surface area contributed by atoms with Crippen molar-refractivity contribution in [3.63, 3.8) is 0 Å². The van der Waals surface area contributed by atoms with Gasteiger partial charge in [-0.25, -0.2) is 8.42 Å². The zero-order chi connectivity index (χ0) is 34.3. The van der Waals surface area contributed by atoms with Crippen LogP contribution < -0.4 is 9.62 Å². The Morgan fingerprint density at radius 2 is 1.48 bits per heavy atom. The Bertz CT molecular complexity index is 1820. The van der Waals surface area contributed by atoms with Crippen molar-refractivity contribution in [2.24, 2.45) is 0 Å². The summed E-state index contributed by atoms with van der Waals surface area (Å²) >= 11 is 6.11.